The van der Waals surface area contributed by atoms with Crippen LogP contribution < -0.4 is 10.1 Å². The van der Waals surface area contributed by atoms with E-state index in [1.54, 1.807) is 0 Å². The predicted octanol–water partition coefficient (Wildman–Crippen LogP) is 1.79. The van der Waals surface area contributed by atoms with Crippen molar-refractivity contribution < 1.29 is 14.3 Å². The molecule has 1 N–H and O–H groups in total. The van der Waals surface area contributed by atoms with Crippen LogP contribution in [-0.4, -0.2) is 25.3 Å². The summed E-state index contributed by atoms with van der Waals surface area (Å²) in [6.45, 7) is 4.92. The minimum absolute atomic E-state index is 0.188. The Morgan fingerprint density at radius 2 is 2.31 bits per heavy atom. The molecule has 1 aliphatic rings. The fraction of sp³-hybridized carbons (Fsp3) is 0.417. The summed E-state index contributed by atoms with van der Waals surface area (Å²) in [5.74, 6) is 0.850. The van der Waals surface area contributed by atoms with Crippen molar-refractivity contribution in [2.24, 2.45) is 0 Å². The number of cyclic esters (lactones) is 1. The number of nitrogens with one attached hydrogen (secondary N) is 1. The van der Waals surface area contributed by atoms with Crippen molar-refractivity contribution in [2.75, 3.05) is 13.2 Å². The van der Waals surface area contributed by atoms with Crippen LogP contribution in [0.4, 0.5) is 4.79 Å². The average molecular weight is 221 g/mol. The smallest absolute Gasteiger partial charge is 0.407 e. The van der Waals surface area contributed by atoms with E-state index >= 15 is 0 Å². The van der Waals surface area contributed by atoms with E-state index in [1.807, 2.05) is 32.0 Å². The minimum Gasteiger partial charge on any atom is -0.489 e. The molecule has 4 heteroatoms. The Morgan fingerprint density at radius 1 is 1.50 bits per heavy atom. The Bertz CT molecular complexity index is 403. The molecule has 0 aromatic heterocycles. The molecule has 16 heavy (non-hydrogen) atoms. The van der Waals surface area contributed by atoms with E-state index < -0.39 is 0 Å². The van der Waals surface area contributed by atoms with Crippen molar-refractivity contribution in [1.29, 1.82) is 0 Å². The molecule has 0 radical (unpaired) electrons. The fourth-order valence-corrected chi connectivity index (χ4v) is 1.57. The molecule has 86 valence electrons. The highest BCUT2D eigenvalue weighted by molar-refractivity contribution is 5.69. The highest BCUT2D eigenvalue weighted by Gasteiger charge is 2.23. The molecule has 1 aromatic carbocycles. The fourth-order valence-electron chi connectivity index (χ4n) is 1.57. The summed E-state index contributed by atoms with van der Waals surface area (Å²) >= 11 is 0. The lowest BCUT2D eigenvalue weighted by molar-refractivity contribution is 0.104. The van der Waals surface area contributed by atoms with Crippen LogP contribution in [0.5, 0.6) is 5.75 Å². The van der Waals surface area contributed by atoms with Gasteiger partial charge in [-0.05, 0) is 31.0 Å². The Morgan fingerprint density at radius 3 is 3.00 bits per heavy atom. The van der Waals surface area contributed by atoms with Crippen LogP contribution >= 0.6 is 0 Å². The molecule has 0 bridgehead atoms. The van der Waals surface area contributed by atoms with Crippen LogP contribution in [0.25, 0.3) is 0 Å². The third-order valence-electron chi connectivity index (χ3n) is 2.52. The van der Waals surface area contributed by atoms with E-state index in [9.17, 15) is 4.79 Å². The van der Waals surface area contributed by atoms with Gasteiger partial charge in [-0.25, -0.2) is 4.79 Å². The summed E-state index contributed by atoms with van der Waals surface area (Å²) in [5.41, 5.74) is 2.24. The van der Waals surface area contributed by atoms with E-state index in [1.165, 1.54) is 0 Å². The van der Waals surface area contributed by atoms with E-state index in [0.717, 1.165) is 16.9 Å². The third-order valence-corrected chi connectivity index (χ3v) is 2.52. The van der Waals surface area contributed by atoms with E-state index in [-0.39, 0.29) is 12.2 Å². The van der Waals surface area contributed by atoms with Gasteiger partial charge < -0.3 is 14.8 Å². The number of hydrogen-bond acceptors (Lipinski definition) is 3. The highest BCUT2D eigenvalue weighted by Crippen LogP contribution is 2.19. The maximum absolute atomic E-state index is 10.8. The van der Waals surface area contributed by atoms with Crippen molar-refractivity contribution >= 4 is 6.09 Å². The van der Waals surface area contributed by atoms with Crippen LogP contribution in [0.1, 0.15) is 11.1 Å². The molecule has 1 aromatic rings. The molecule has 0 spiro atoms. The molecular weight excluding hydrogens is 206 g/mol. The van der Waals surface area contributed by atoms with E-state index in [0.29, 0.717) is 13.2 Å². The molecule has 1 unspecified atom stereocenters. The second kappa shape index (κ2) is 4.43. The Labute approximate surface area is 94.6 Å². The number of carbonyl (C=O) groups excluding carboxylic acids is 1. The SMILES string of the molecule is Cc1ccc(C)c(OCC2CNC(=O)O2)c1. The zero-order valence-corrected chi connectivity index (χ0v) is 9.45. The first-order chi connectivity index (χ1) is 7.65. The van der Waals surface area contributed by atoms with E-state index in [4.69, 9.17) is 9.47 Å². The summed E-state index contributed by atoms with van der Waals surface area (Å²) < 4.78 is 10.6. The topological polar surface area (TPSA) is 47.6 Å². The van der Waals surface area contributed by atoms with Crippen molar-refractivity contribution in [1.82, 2.24) is 5.32 Å². The Balaban J connectivity index is 1.94. The molecule has 2 rings (SSSR count). The Hall–Kier alpha value is -1.71. The lowest BCUT2D eigenvalue weighted by Gasteiger charge is -2.12. The molecule has 1 fully saturated rings. The highest BCUT2D eigenvalue weighted by atomic mass is 16.6. The number of carbonyl (C=O) groups is 1. The van der Waals surface area contributed by atoms with Crippen LogP contribution in [0.2, 0.25) is 0 Å². The number of amides is 1. The van der Waals surface area contributed by atoms with Gasteiger partial charge in [0, 0.05) is 0 Å². The van der Waals surface area contributed by atoms with Gasteiger partial charge in [0.05, 0.1) is 6.54 Å². The van der Waals surface area contributed by atoms with Crippen LogP contribution in [0, 0.1) is 13.8 Å². The van der Waals surface area contributed by atoms with Gasteiger partial charge in [0.2, 0.25) is 0 Å². The number of hydrogen-bond donors (Lipinski definition) is 1. The largest absolute Gasteiger partial charge is 0.489 e. The number of ether oxygens (including phenoxy) is 2. The Kier molecular flexibility index (Phi) is 2.99. The second-order valence-electron chi connectivity index (χ2n) is 3.99. The normalized spacial score (nSPS) is 19.1. The summed E-state index contributed by atoms with van der Waals surface area (Å²) in [5, 5.41) is 2.59. The summed E-state index contributed by atoms with van der Waals surface area (Å²) in [6, 6.07) is 6.04. The van der Waals surface area contributed by atoms with Gasteiger partial charge in [-0.3, -0.25) is 0 Å². The zero-order valence-electron chi connectivity index (χ0n) is 9.45. The number of aryl methyl sites for hydroxylation is 2. The molecule has 1 amide bonds. The quantitative estimate of drug-likeness (QED) is 0.846. The molecule has 4 nitrogen and oxygen atoms in total. The molecule has 0 aliphatic carbocycles. The summed E-state index contributed by atoms with van der Waals surface area (Å²) in [6.07, 6.45) is -0.554. The maximum Gasteiger partial charge on any atom is 0.407 e. The van der Waals surface area contributed by atoms with Crippen molar-refractivity contribution in [3.8, 4) is 5.75 Å². The van der Waals surface area contributed by atoms with Gasteiger partial charge in [0.25, 0.3) is 0 Å². The first kappa shape index (κ1) is 10.8. The van der Waals surface area contributed by atoms with Crippen LogP contribution in [0.3, 0.4) is 0 Å². The van der Waals surface area contributed by atoms with Gasteiger partial charge in [-0.2, -0.15) is 0 Å². The number of benzene rings is 1. The first-order valence-electron chi connectivity index (χ1n) is 5.29. The van der Waals surface area contributed by atoms with E-state index in [2.05, 4.69) is 5.32 Å². The standard InChI is InChI=1S/C12H15NO3/c1-8-3-4-9(2)11(5-8)15-7-10-6-13-12(14)16-10/h3-5,10H,6-7H2,1-2H3,(H,13,14). The van der Waals surface area contributed by atoms with Gasteiger partial charge in [-0.15, -0.1) is 0 Å². The second-order valence-corrected chi connectivity index (χ2v) is 3.99. The third kappa shape index (κ3) is 2.45. The zero-order chi connectivity index (χ0) is 11.5. The summed E-state index contributed by atoms with van der Waals surface area (Å²) in [4.78, 5) is 10.8. The van der Waals surface area contributed by atoms with Crippen molar-refractivity contribution in [2.45, 2.75) is 20.0 Å². The summed E-state index contributed by atoms with van der Waals surface area (Å²) in [7, 11) is 0. The van der Waals surface area contributed by atoms with Crippen molar-refractivity contribution in [3.05, 3.63) is 29.3 Å². The van der Waals surface area contributed by atoms with Crippen LogP contribution in [-0.2, 0) is 4.74 Å². The molecule has 0 saturated carbocycles. The molecule has 1 atom stereocenters. The molecule has 1 saturated heterocycles. The number of alkyl carbamates (subject to hydrolysis) is 1. The van der Waals surface area contributed by atoms with Gasteiger partial charge >= 0.3 is 6.09 Å². The minimum atomic E-state index is -0.366. The monoisotopic (exact) mass is 221 g/mol. The first-order valence-corrected chi connectivity index (χ1v) is 5.29. The number of rotatable bonds is 3. The van der Waals surface area contributed by atoms with Crippen molar-refractivity contribution in [3.63, 3.8) is 0 Å². The van der Waals surface area contributed by atoms with Gasteiger partial charge in [0.1, 0.15) is 12.4 Å². The molecular formula is C12H15NO3. The van der Waals surface area contributed by atoms with Gasteiger partial charge in [0.15, 0.2) is 6.10 Å². The average Bonchev–Trinajstić information content (AvgIpc) is 2.66. The lowest BCUT2D eigenvalue weighted by atomic mass is 10.1. The van der Waals surface area contributed by atoms with Crippen LogP contribution in [0.15, 0.2) is 18.2 Å². The molecule has 1 heterocycles. The van der Waals surface area contributed by atoms with Gasteiger partial charge in [-0.1, -0.05) is 12.1 Å². The predicted molar refractivity (Wildman–Crippen MR) is 59.7 cm³/mol. The molecule has 1 aliphatic heterocycles. The lowest BCUT2D eigenvalue weighted by Crippen LogP contribution is -2.22. The maximum atomic E-state index is 10.8.